The van der Waals surface area contributed by atoms with Gasteiger partial charge >= 0.3 is 0 Å². The van der Waals surface area contributed by atoms with Gasteiger partial charge in [0.25, 0.3) is 0 Å². The zero-order valence-corrected chi connectivity index (χ0v) is 11.5. The molecule has 0 spiro atoms. The van der Waals surface area contributed by atoms with Crippen molar-refractivity contribution in [1.29, 1.82) is 0 Å². The van der Waals surface area contributed by atoms with E-state index in [1.165, 1.54) is 10.9 Å². The highest BCUT2D eigenvalue weighted by molar-refractivity contribution is 7.12. The number of nitrogens with zero attached hydrogens (tertiary/aromatic N) is 1. The summed E-state index contributed by atoms with van der Waals surface area (Å²) in [5.41, 5.74) is 3.16. The van der Waals surface area contributed by atoms with Crippen molar-refractivity contribution in [2.75, 3.05) is 20.3 Å². The highest BCUT2D eigenvalue weighted by Crippen LogP contribution is 2.39. The predicted octanol–water partition coefficient (Wildman–Crippen LogP) is 2.59. The number of nitrogens with one attached hydrogen (secondary N) is 1. The summed E-state index contributed by atoms with van der Waals surface area (Å²) in [4.78, 5) is 5.89. The molecule has 3 nitrogen and oxygen atoms in total. The van der Waals surface area contributed by atoms with Gasteiger partial charge in [-0.1, -0.05) is 0 Å². The number of aromatic nitrogens is 1. The number of thiazole rings is 1. The second kappa shape index (κ2) is 5.36. The molecule has 0 saturated carbocycles. The second-order valence-corrected chi connectivity index (χ2v) is 5.70. The van der Waals surface area contributed by atoms with Crippen molar-refractivity contribution in [2.45, 2.75) is 13.0 Å². The fourth-order valence-electron chi connectivity index (χ4n) is 2.29. The maximum absolute atomic E-state index is 13.2. The van der Waals surface area contributed by atoms with E-state index in [1.807, 2.05) is 6.07 Å². The lowest BCUT2D eigenvalue weighted by Gasteiger charge is -2.01. The standard InChI is InChI=1S/C14H15FN2OS/c1-18-5-4-16-8-13-17-14-11-3-2-10(15)6-9(11)7-12(14)19-13/h2-3,6,16H,4-5,7-8H2,1H3. The number of halogens is 1. The lowest BCUT2D eigenvalue weighted by Crippen LogP contribution is -2.18. The fourth-order valence-corrected chi connectivity index (χ4v) is 3.36. The number of benzene rings is 1. The summed E-state index contributed by atoms with van der Waals surface area (Å²) in [6, 6.07) is 4.95. The zero-order valence-electron chi connectivity index (χ0n) is 10.7. The molecule has 100 valence electrons. The van der Waals surface area contributed by atoms with Gasteiger partial charge in [0.15, 0.2) is 0 Å². The number of hydrogen-bond acceptors (Lipinski definition) is 4. The SMILES string of the molecule is COCCNCc1nc2c(s1)Cc1cc(F)ccc1-2. The summed E-state index contributed by atoms with van der Waals surface area (Å²) >= 11 is 1.71. The van der Waals surface area contributed by atoms with Crippen molar-refractivity contribution >= 4 is 11.3 Å². The van der Waals surface area contributed by atoms with Gasteiger partial charge in [0, 0.05) is 37.1 Å². The average molecular weight is 278 g/mol. The summed E-state index contributed by atoms with van der Waals surface area (Å²) in [5, 5.41) is 4.37. The molecule has 0 fully saturated rings. The van der Waals surface area contributed by atoms with Crippen molar-refractivity contribution < 1.29 is 9.13 Å². The number of ether oxygens (including phenoxy) is 1. The Morgan fingerprint density at radius 3 is 3.21 bits per heavy atom. The van der Waals surface area contributed by atoms with E-state index >= 15 is 0 Å². The van der Waals surface area contributed by atoms with Gasteiger partial charge < -0.3 is 10.1 Å². The number of hydrogen-bond donors (Lipinski definition) is 1. The molecule has 1 aromatic heterocycles. The van der Waals surface area contributed by atoms with Gasteiger partial charge in [-0.3, -0.25) is 0 Å². The van der Waals surface area contributed by atoms with Crippen LogP contribution in [-0.4, -0.2) is 25.2 Å². The van der Waals surface area contributed by atoms with Crippen LogP contribution in [0.2, 0.25) is 0 Å². The Balaban J connectivity index is 1.74. The van der Waals surface area contributed by atoms with E-state index in [9.17, 15) is 4.39 Å². The van der Waals surface area contributed by atoms with Gasteiger partial charge in [-0.25, -0.2) is 9.37 Å². The molecule has 2 aromatic rings. The molecule has 0 bridgehead atoms. The first-order valence-electron chi connectivity index (χ1n) is 6.25. The molecule has 19 heavy (non-hydrogen) atoms. The molecule has 0 unspecified atom stereocenters. The van der Waals surface area contributed by atoms with Crippen molar-refractivity contribution in [1.82, 2.24) is 10.3 Å². The van der Waals surface area contributed by atoms with Crippen LogP contribution in [0.25, 0.3) is 11.3 Å². The van der Waals surface area contributed by atoms with Crippen molar-refractivity contribution in [3.63, 3.8) is 0 Å². The highest BCUT2D eigenvalue weighted by Gasteiger charge is 2.23. The Morgan fingerprint density at radius 2 is 2.37 bits per heavy atom. The molecule has 0 amide bonds. The van der Waals surface area contributed by atoms with Gasteiger partial charge in [-0.05, 0) is 23.8 Å². The minimum absolute atomic E-state index is 0.171. The molecule has 0 radical (unpaired) electrons. The predicted molar refractivity (Wildman–Crippen MR) is 73.9 cm³/mol. The highest BCUT2D eigenvalue weighted by atomic mass is 32.1. The molecule has 3 rings (SSSR count). The van der Waals surface area contributed by atoms with Crippen LogP contribution in [-0.2, 0) is 17.7 Å². The smallest absolute Gasteiger partial charge is 0.123 e. The topological polar surface area (TPSA) is 34.1 Å². The lowest BCUT2D eigenvalue weighted by molar-refractivity contribution is 0.199. The third-order valence-electron chi connectivity index (χ3n) is 3.17. The van der Waals surface area contributed by atoms with Crippen molar-refractivity contribution in [3.8, 4) is 11.3 Å². The van der Waals surface area contributed by atoms with Gasteiger partial charge in [0.1, 0.15) is 10.8 Å². The first-order valence-corrected chi connectivity index (χ1v) is 7.06. The second-order valence-electron chi connectivity index (χ2n) is 4.53. The lowest BCUT2D eigenvalue weighted by atomic mass is 10.1. The fraction of sp³-hybridized carbons (Fsp3) is 0.357. The largest absolute Gasteiger partial charge is 0.383 e. The van der Waals surface area contributed by atoms with E-state index in [0.29, 0.717) is 6.61 Å². The third kappa shape index (κ3) is 2.54. The van der Waals surface area contributed by atoms with Gasteiger partial charge in [0.05, 0.1) is 12.3 Å². The van der Waals surface area contributed by atoms with E-state index in [1.54, 1.807) is 24.5 Å². The Hall–Kier alpha value is -1.30. The van der Waals surface area contributed by atoms with Crippen LogP contribution in [0.15, 0.2) is 18.2 Å². The molecule has 0 saturated heterocycles. The number of rotatable bonds is 5. The van der Waals surface area contributed by atoms with Crippen LogP contribution in [0.4, 0.5) is 4.39 Å². The van der Waals surface area contributed by atoms with Gasteiger partial charge in [-0.2, -0.15) is 0 Å². The van der Waals surface area contributed by atoms with Crippen LogP contribution in [0.3, 0.4) is 0 Å². The molecular weight excluding hydrogens is 263 g/mol. The molecule has 0 aliphatic heterocycles. The first kappa shape index (κ1) is 12.7. The maximum atomic E-state index is 13.2. The van der Waals surface area contributed by atoms with E-state index < -0.39 is 0 Å². The van der Waals surface area contributed by atoms with Crippen LogP contribution in [0.5, 0.6) is 0 Å². The monoisotopic (exact) mass is 278 g/mol. The van der Waals surface area contributed by atoms with Crippen LogP contribution < -0.4 is 5.32 Å². The van der Waals surface area contributed by atoms with E-state index in [4.69, 9.17) is 4.74 Å². The normalized spacial score (nSPS) is 12.5. The van der Waals surface area contributed by atoms with E-state index in [-0.39, 0.29) is 5.82 Å². The summed E-state index contributed by atoms with van der Waals surface area (Å²) in [6.45, 7) is 2.29. The number of methoxy groups -OCH3 is 1. The maximum Gasteiger partial charge on any atom is 0.123 e. The minimum atomic E-state index is -0.171. The van der Waals surface area contributed by atoms with Crippen molar-refractivity contribution in [3.05, 3.63) is 39.5 Å². The molecule has 1 aliphatic carbocycles. The quantitative estimate of drug-likeness (QED) is 0.728. The summed E-state index contributed by atoms with van der Waals surface area (Å²) < 4.78 is 18.2. The van der Waals surface area contributed by atoms with Crippen LogP contribution in [0, 0.1) is 5.82 Å². The van der Waals surface area contributed by atoms with Crippen molar-refractivity contribution in [2.24, 2.45) is 0 Å². The van der Waals surface area contributed by atoms with Crippen LogP contribution in [0.1, 0.15) is 15.4 Å². The Morgan fingerprint density at radius 1 is 1.47 bits per heavy atom. The minimum Gasteiger partial charge on any atom is -0.383 e. The molecule has 1 aromatic carbocycles. The summed E-state index contributed by atoms with van der Waals surface area (Å²) in [5.74, 6) is -0.171. The molecule has 1 N–H and O–H groups in total. The first-order chi connectivity index (χ1) is 9.28. The third-order valence-corrected chi connectivity index (χ3v) is 4.23. The average Bonchev–Trinajstić information content (AvgIpc) is 2.91. The molecule has 5 heteroatoms. The Bertz CT molecular complexity index is 597. The van der Waals surface area contributed by atoms with Gasteiger partial charge in [-0.15, -0.1) is 11.3 Å². The molecule has 1 aliphatic rings. The molecular formula is C14H15FN2OS. The van der Waals surface area contributed by atoms with E-state index in [0.717, 1.165) is 41.3 Å². The molecule has 0 atom stereocenters. The molecule has 1 heterocycles. The Labute approximate surface area is 115 Å². The summed E-state index contributed by atoms with van der Waals surface area (Å²) in [7, 11) is 1.69. The van der Waals surface area contributed by atoms with E-state index in [2.05, 4.69) is 10.3 Å². The van der Waals surface area contributed by atoms with Crippen LogP contribution >= 0.6 is 11.3 Å². The number of fused-ring (bicyclic) bond motifs is 3. The summed E-state index contributed by atoms with van der Waals surface area (Å²) in [6.07, 6.45) is 0.804. The Kier molecular flexibility index (Phi) is 3.59. The zero-order chi connectivity index (χ0) is 13.2. The van der Waals surface area contributed by atoms with Gasteiger partial charge in [0.2, 0.25) is 0 Å².